The predicted octanol–water partition coefficient (Wildman–Crippen LogP) is 3.86. The Balaban J connectivity index is 4.53. The highest BCUT2D eigenvalue weighted by Gasteiger charge is 2.42. The van der Waals surface area contributed by atoms with Gasteiger partial charge in [-0.1, -0.05) is 34.6 Å². The van der Waals surface area contributed by atoms with Crippen molar-refractivity contribution in [3.63, 3.8) is 0 Å². The highest BCUT2D eigenvalue weighted by Crippen LogP contribution is 2.35. The molecule has 0 saturated heterocycles. The van der Waals surface area contributed by atoms with E-state index in [4.69, 9.17) is 5.11 Å². The number of hydrogen-bond donors (Lipinski definition) is 2. The predicted molar refractivity (Wildman–Crippen MR) is 74.2 cm³/mol. The summed E-state index contributed by atoms with van der Waals surface area (Å²) in [6, 6.07) is 0. The van der Waals surface area contributed by atoms with E-state index in [0.717, 1.165) is 0 Å². The SMILES string of the molecule is CC(C)C(C(C)C)[C@@H](O)CCC(C)[C@@H](CO)C(F)(F)F. The standard InChI is InChI=1S/C15H29F3O2/c1-9(2)14(10(3)4)13(20)7-6-11(5)12(8-19)15(16,17)18/h9-14,19-20H,6-8H2,1-5H3/t11?,12-,13+/m1/s1. The zero-order valence-corrected chi connectivity index (χ0v) is 13.1. The first-order valence-corrected chi connectivity index (χ1v) is 7.37. The molecule has 0 aliphatic carbocycles. The van der Waals surface area contributed by atoms with Crippen molar-refractivity contribution in [2.75, 3.05) is 6.61 Å². The quantitative estimate of drug-likeness (QED) is 0.714. The second-order valence-corrected chi connectivity index (χ2v) is 6.52. The molecular formula is C15H29F3O2. The molecule has 1 unspecified atom stereocenters. The Labute approximate surface area is 120 Å². The minimum absolute atomic E-state index is 0.0839. The highest BCUT2D eigenvalue weighted by molar-refractivity contribution is 4.78. The van der Waals surface area contributed by atoms with E-state index in [1.807, 2.05) is 27.7 Å². The van der Waals surface area contributed by atoms with E-state index >= 15 is 0 Å². The minimum Gasteiger partial charge on any atom is -0.396 e. The molecule has 0 saturated carbocycles. The van der Waals surface area contributed by atoms with Crippen LogP contribution in [-0.4, -0.2) is 29.1 Å². The maximum Gasteiger partial charge on any atom is 0.394 e. The summed E-state index contributed by atoms with van der Waals surface area (Å²) < 4.78 is 38.1. The Kier molecular flexibility index (Phi) is 8.11. The van der Waals surface area contributed by atoms with Gasteiger partial charge in [-0.2, -0.15) is 13.2 Å². The van der Waals surface area contributed by atoms with Gasteiger partial charge in [0.2, 0.25) is 0 Å². The fourth-order valence-corrected chi connectivity index (χ4v) is 3.09. The third kappa shape index (κ3) is 6.00. The van der Waals surface area contributed by atoms with E-state index in [0.29, 0.717) is 6.42 Å². The number of aliphatic hydroxyl groups excluding tert-OH is 2. The van der Waals surface area contributed by atoms with Crippen molar-refractivity contribution in [2.24, 2.45) is 29.6 Å². The van der Waals surface area contributed by atoms with Gasteiger partial charge in [-0.25, -0.2) is 0 Å². The lowest BCUT2D eigenvalue weighted by molar-refractivity contribution is -0.198. The second-order valence-electron chi connectivity index (χ2n) is 6.52. The molecule has 0 fully saturated rings. The first kappa shape index (κ1) is 19.7. The van der Waals surface area contributed by atoms with Crippen LogP contribution in [0.2, 0.25) is 0 Å². The molecule has 5 heteroatoms. The number of hydrogen-bond acceptors (Lipinski definition) is 2. The largest absolute Gasteiger partial charge is 0.396 e. The van der Waals surface area contributed by atoms with Gasteiger partial charge in [0.15, 0.2) is 0 Å². The summed E-state index contributed by atoms with van der Waals surface area (Å²) in [6.07, 6.45) is -4.37. The van der Waals surface area contributed by atoms with Gasteiger partial charge in [-0.15, -0.1) is 0 Å². The molecule has 0 aromatic rings. The summed E-state index contributed by atoms with van der Waals surface area (Å²) in [5, 5.41) is 19.1. The lowest BCUT2D eigenvalue weighted by Crippen LogP contribution is -2.34. The lowest BCUT2D eigenvalue weighted by atomic mass is 9.78. The Morgan fingerprint density at radius 1 is 0.900 bits per heavy atom. The van der Waals surface area contributed by atoms with E-state index in [9.17, 15) is 18.3 Å². The van der Waals surface area contributed by atoms with Crippen molar-refractivity contribution in [2.45, 2.75) is 59.7 Å². The summed E-state index contributed by atoms with van der Waals surface area (Å²) in [5.74, 6) is -1.73. The highest BCUT2D eigenvalue weighted by atomic mass is 19.4. The summed E-state index contributed by atoms with van der Waals surface area (Å²) >= 11 is 0. The molecule has 2 nitrogen and oxygen atoms in total. The molecule has 0 bridgehead atoms. The second kappa shape index (κ2) is 8.23. The lowest BCUT2D eigenvalue weighted by Gasteiger charge is -2.31. The number of halogens is 3. The molecule has 122 valence electrons. The van der Waals surface area contributed by atoms with Crippen LogP contribution in [0.5, 0.6) is 0 Å². The van der Waals surface area contributed by atoms with Crippen LogP contribution in [0.4, 0.5) is 13.2 Å². The smallest absolute Gasteiger partial charge is 0.394 e. The topological polar surface area (TPSA) is 40.5 Å². The maximum atomic E-state index is 12.7. The van der Waals surface area contributed by atoms with E-state index in [1.165, 1.54) is 6.92 Å². The van der Waals surface area contributed by atoms with Crippen LogP contribution in [0.3, 0.4) is 0 Å². The Morgan fingerprint density at radius 3 is 1.65 bits per heavy atom. The van der Waals surface area contributed by atoms with E-state index in [1.54, 1.807) is 0 Å². The summed E-state index contributed by atoms with van der Waals surface area (Å²) in [7, 11) is 0. The van der Waals surface area contributed by atoms with Crippen LogP contribution in [0.25, 0.3) is 0 Å². The first-order valence-electron chi connectivity index (χ1n) is 7.37. The van der Waals surface area contributed by atoms with Crippen LogP contribution in [0, 0.1) is 29.6 Å². The monoisotopic (exact) mass is 298 g/mol. The molecule has 0 aromatic carbocycles. The third-order valence-electron chi connectivity index (χ3n) is 4.21. The molecule has 0 radical (unpaired) electrons. The normalized spacial score (nSPS) is 17.9. The van der Waals surface area contributed by atoms with Crippen LogP contribution in [0.15, 0.2) is 0 Å². The molecule has 0 rings (SSSR count). The van der Waals surface area contributed by atoms with Crippen molar-refractivity contribution in [3.05, 3.63) is 0 Å². The summed E-state index contributed by atoms with van der Waals surface area (Å²) in [5.41, 5.74) is 0. The fourth-order valence-electron chi connectivity index (χ4n) is 3.09. The molecular weight excluding hydrogens is 269 g/mol. The van der Waals surface area contributed by atoms with Gasteiger partial charge in [0.1, 0.15) is 0 Å². The van der Waals surface area contributed by atoms with Gasteiger partial charge >= 0.3 is 6.18 Å². The molecule has 0 aromatic heterocycles. The van der Waals surface area contributed by atoms with Crippen LogP contribution in [-0.2, 0) is 0 Å². The third-order valence-corrected chi connectivity index (χ3v) is 4.21. The molecule has 0 heterocycles. The zero-order valence-electron chi connectivity index (χ0n) is 13.1. The Bertz CT molecular complexity index is 248. The average Bonchev–Trinajstić information content (AvgIpc) is 2.24. The van der Waals surface area contributed by atoms with Crippen molar-refractivity contribution >= 4 is 0 Å². The van der Waals surface area contributed by atoms with Crippen LogP contribution < -0.4 is 0 Å². The van der Waals surface area contributed by atoms with Crippen molar-refractivity contribution in [1.29, 1.82) is 0 Å². The number of aliphatic hydroxyl groups is 2. The first-order chi connectivity index (χ1) is 9.02. The van der Waals surface area contributed by atoms with Crippen molar-refractivity contribution in [3.8, 4) is 0 Å². The number of rotatable bonds is 8. The number of alkyl halides is 3. The van der Waals surface area contributed by atoms with Crippen molar-refractivity contribution < 1.29 is 23.4 Å². The molecule has 0 amide bonds. The van der Waals surface area contributed by atoms with Gasteiger partial charge in [-0.3, -0.25) is 0 Å². The fraction of sp³-hybridized carbons (Fsp3) is 1.00. The van der Waals surface area contributed by atoms with Crippen LogP contribution >= 0.6 is 0 Å². The molecule has 20 heavy (non-hydrogen) atoms. The van der Waals surface area contributed by atoms with Gasteiger partial charge < -0.3 is 10.2 Å². The zero-order chi connectivity index (χ0) is 16.1. The molecule has 3 atom stereocenters. The van der Waals surface area contributed by atoms with Gasteiger partial charge in [0.05, 0.1) is 18.6 Å². The van der Waals surface area contributed by atoms with Gasteiger partial charge in [0, 0.05) is 0 Å². The Hall–Kier alpha value is -0.290. The maximum absolute atomic E-state index is 12.7. The van der Waals surface area contributed by atoms with Crippen molar-refractivity contribution in [1.82, 2.24) is 0 Å². The molecule has 0 aliphatic rings. The Morgan fingerprint density at radius 2 is 1.35 bits per heavy atom. The van der Waals surface area contributed by atoms with Gasteiger partial charge in [-0.05, 0) is 36.5 Å². The summed E-state index contributed by atoms with van der Waals surface area (Å²) in [6.45, 7) is 8.67. The van der Waals surface area contributed by atoms with E-state index in [-0.39, 0.29) is 24.2 Å². The van der Waals surface area contributed by atoms with Crippen LogP contribution in [0.1, 0.15) is 47.5 Å². The van der Waals surface area contributed by atoms with E-state index in [2.05, 4.69) is 0 Å². The minimum atomic E-state index is -4.38. The average molecular weight is 298 g/mol. The molecule has 2 N–H and O–H groups in total. The van der Waals surface area contributed by atoms with E-state index < -0.39 is 30.7 Å². The molecule has 0 spiro atoms. The van der Waals surface area contributed by atoms with Gasteiger partial charge in [0.25, 0.3) is 0 Å². The summed E-state index contributed by atoms with van der Waals surface area (Å²) in [4.78, 5) is 0. The molecule has 0 aliphatic heterocycles.